The Morgan fingerprint density at radius 2 is 1.82 bits per heavy atom. The fraction of sp³-hybridized carbons (Fsp3) is 0.200. The number of benzene rings is 1. The maximum Gasteiger partial charge on any atom is 0.166 e. The maximum absolute atomic E-state index is 11.1. The lowest BCUT2D eigenvalue weighted by molar-refractivity contribution is 0.103. The molecule has 0 aliphatic rings. The van der Waals surface area contributed by atoms with Gasteiger partial charge in [-0.2, -0.15) is 0 Å². The lowest BCUT2D eigenvalue weighted by atomic mass is 10.1. The third-order valence-electron chi connectivity index (χ3n) is 1.60. The molecule has 1 heteroatoms. The Morgan fingerprint density at radius 1 is 1.27 bits per heavy atom. The second kappa shape index (κ2) is 3.33. The fourth-order valence-electron chi connectivity index (χ4n) is 0.884. The molecule has 0 bridgehead atoms. The monoisotopic (exact) mass is 147 g/mol. The molecule has 57 valence electrons. The van der Waals surface area contributed by atoms with Crippen molar-refractivity contribution < 1.29 is 4.79 Å². The Labute approximate surface area is 67.1 Å². The van der Waals surface area contributed by atoms with Crippen LogP contribution in [0, 0.1) is 13.3 Å². The number of hydrogen-bond donors (Lipinski definition) is 0. The molecule has 0 amide bonds. The fourth-order valence-corrected chi connectivity index (χ4v) is 0.884. The van der Waals surface area contributed by atoms with Crippen LogP contribution in [0.5, 0.6) is 0 Å². The standard InChI is InChI=1S/C10H11O/c1-3-10(11)9-6-4-8(2)5-7-9/h3-7H,1-2H3. The molecule has 0 fully saturated rings. The minimum atomic E-state index is 0.0880. The highest BCUT2D eigenvalue weighted by Crippen LogP contribution is 2.04. The third-order valence-corrected chi connectivity index (χ3v) is 1.60. The number of carbonyl (C=O) groups excluding carboxylic acids is 1. The molecule has 1 nitrogen and oxygen atoms in total. The van der Waals surface area contributed by atoms with Gasteiger partial charge in [0.1, 0.15) is 0 Å². The van der Waals surface area contributed by atoms with Crippen molar-refractivity contribution in [2.45, 2.75) is 13.8 Å². The minimum Gasteiger partial charge on any atom is -0.294 e. The van der Waals surface area contributed by atoms with Crippen molar-refractivity contribution >= 4 is 5.78 Å². The zero-order valence-corrected chi connectivity index (χ0v) is 6.79. The Kier molecular flexibility index (Phi) is 2.42. The molecule has 1 aromatic carbocycles. The first kappa shape index (κ1) is 7.99. The summed E-state index contributed by atoms with van der Waals surface area (Å²) >= 11 is 0. The molecule has 0 saturated carbocycles. The summed E-state index contributed by atoms with van der Waals surface area (Å²) in [6, 6.07) is 7.57. The van der Waals surface area contributed by atoms with E-state index in [-0.39, 0.29) is 5.78 Å². The van der Waals surface area contributed by atoms with Gasteiger partial charge in [0.2, 0.25) is 0 Å². The quantitative estimate of drug-likeness (QED) is 0.587. The first-order valence-electron chi connectivity index (χ1n) is 3.64. The van der Waals surface area contributed by atoms with E-state index in [4.69, 9.17) is 0 Å². The smallest absolute Gasteiger partial charge is 0.166 e. The SMILES string of the molecule is C[CH]C(=O)c1ccc(C)cc1. The number of ketones is 1. The van der Waals surface area contributed by atoms with Gasteiger partial charge < -0.3 is 0 Å². The summed E-state index contributed by atoms with van der Waals surface area (Å²) in [7, 11) is 0. The van der Waals surface area contributed by atoms with Crippen LogP contribution in [0.1, 0.15) is 22.8 Å². The summed E-state index contributed by atoms with van der Waals surface area (Å²) in [5, 5.41) is 0. The Hall–Kier alpha value is -1.11. The van der Waals surface area contributed by atoms with E-state index in [1.165, 1.54) is 5.56 Å². The summed E-state index contributed by atoms with van der Waals surface area (Å²) in [6.07, 6.45) is 1.57. The van der Waals surface area contributed by atoms with Gasteiger partial charge in [-0.15, -0.1) is 0 Å². The van der Waals surface area contributed by atoms with Crippen LogP contribution in [-0.4, -0.2) is 5.78 Å². The number of carbonyl (C=O) groups is 1. The van der Waals surface area contributed by atoms with Crippen molar-refractivity contribution in [1.29, 1.82) is 0 Å². The van der Waals surface area contributed by atoms with Gasteiger partial charge in [0.05, 0.1) is 0 Å². The van der Waals surface area contributed by atoms with Gasteiger partial charge in [-0.25, -0.2) is 0 Å². The summed E-state index contributed by atoms with van der Waals surface area (Å²) in [6.45, 7) is 3.76. The first-order chi connectivity index (χ1) is 5.24. The predicted octanol–water partition coefficient (Wildman–Crippen LogP) is 2.40. The molecule has 0 saturated heterocycles. The van der Waals surface area contributed by atoms with E-state index < -0.39 is 0 Å². The van der Waals surface area contributed by atoms with Gasteiger partial charge in [0.15, 0.2) is 5.78 Å². The van der Waals surface area contributed by atoms with Crippen molar-refractivity contribution in [2.24, 2.45) is 0 Å². The van der Waals surface area contributed by atoms with E-state index in [9.17, 15) is 4.79 Å². The second-order valence-electron chi connectivity index (χ2n) is 2.52. The van der Waals surface area contributed by atoms with Crippen LogP contribution >= 0.6 is 0 Å². The average molecular weight is 147 g/mol. The lowest BCUT2D eigenvalue weighted by Gasteiger charge is -1.96. The second-order valence-corrected chi connectivity index (χ2v) is 2.52. The third kappa shape index (κ3) is 1.90. The van der Waals surface area contributed by atoms with Gasteiger partial charge in [0, 0.05) is 12.0 Å². The zero-order valence-electron chi connectivity index (χ0n) is 6.79. The van der Waals surface area contributed by atoms with E-state index in [0.717, 1.165) is 5.56 Å². The van der Waals surface area contributed by atoms with Crippen LogP contribution in [0.15, 0.2) is 24.3 Å². The molecule has 0 aromatic heterocycles. The number of rotatable bonds is 2. The molecule has 0 aliphatic heterocycles. The highest BCUT2D eigenvalue weighted by molar-refractivity contribution is 6.01. The topological polar surface area (TPSA) is 17.1 Å². The van der Waals surface area contributed by atoms with E-state index in [2.05, 4.69) is 0 Å². The molecule has 0 unspecified atom stereocenters. The van der Waals surface area contributed by atoms with Crippen molar-refractivity contribution in [3.8, 4) is 0 Å². The molecular weight excluding hydrogens is 136 g/mol. The highest BCUT2D eigenvalue weighted by atomic mass is 16.1. The molecule has 11 heavy (non-hydrogen) atoms. The largest absolute Gasteiger partial charge is 0.294 e. The van der Waals surface area contributed by atoms with Gasteiger partial charge in [-0.3, -0.25) is 4.79 Å². The minimum absolute atomic E-state index is 0.0880. The zero-order chi connectivity index (χ0) is 8.27. The Bertz CT molecular complexity index is 246. The molecule has 0 spiro atoms. The molecule has 0 heterocycles. The molecule has 0 aliphatic carbocycles. The number of Topliss-reactive ketones (excluding diaryl/α,β-unsaturated/α-hetero) is 1. The van der Waals surface area contributed by atoms with E-state index in [0.29, 0.717) is 0 Å². The normalized spacial score (nSPS) is 9.64. The molecule has 1 rings (SSSR count). The van der Waals surface area contributed by atoms with Crippen molar-refractivity contribution in [1.82, 2.24) is 0 Å². The van der Waals surface area contributed by atoms with Crippen LogP contribution in [0.25, 0.3) is 0 Å². The first-order valence-corrected chi connectivity index (χ1v) is 3.64. The molecule has 1 radical (unpaired) electrons. The van der Waals surface area contributed by atoms with Gasteiger partial charge in [-0.1, -0.05) is 36.8 Å². The van der Waals surface area contributed by atoms with Crippen LogP contribution in [0.4, 0.5) is 0 Å². The summed E-state index contributed by atoms with van der Waals surface area (Å²) < 4.78 is 0. The lowest BCUT2D eigenvalue weighted by Crippen LogP contribution is -1.96. The van der Waals surface area contributed by atoms with E-state index >= 15 is 0 Å². The van der Waals surface area contributed by atoms with Crippen LogP contribution in [0.3, 0.4) is 0 Å². The van der Waals surface area contributed by atoms with E-state index in [1.54, 1.807) is 13.3 Å². The van der Waals surface area contributed by atoms with Crippen LogP contribution < -0.4 is 0 Å². The van der Waals surface area contributed by atoms with Crippen molar-refractivity contribution in [3.63, 3.8) is 0 Å². The van der Waals surface area contributed by atoms with Crippen LogP contribution in [0.2, 0.25) is 0 Å². The van der Waals surface area contributed by atoms with Crippen molar-refractivity contribution in [2.75, 3.05) is 0 Å². The predicted molar refractivity (Wildman–Crippen MR) is 45.5 cm³/mol. The molecular formula is C10H11O. The number of aryl methyl sites for hydroxylation is 1. The van der Waals surface area contributed by atoms with Gasteiger partial charge >= 0.3 is 0 Å². The number of hydrogen-bond acceptors (Lipinski definition) is 1. The maximum atomic E-state index is 11.1. The van der Waals surface area contributed by atoms with Crippen LogP contribution in [-0.2, 0) is 0 Å². The van der Waals surface area contributed by atoms with Crippen molar-refractivity contribution in [3.05, 3.63) is 41.8 Å². The van der Waals surface area contributed by atoms with Gasteiger partial charge in [-0.05, 0) is 6.92 Å². The summed E-state index contributed by atoms with van der Waals surface area (Å²) in [5.74, 6) is 0.0880. The molecule has 0 atom stereocenters. The summed E-state index contributed by atoms with van der Waals surface area (Å²) in [5.41, 5.74) is 1.94. The average Bonchev–Trinajstić information content (AvgIpc) is 2.05. The molecule has 0 N–H and O–H groups in total. The highest BCUT2D eigenvalue weighted by Gasteiger charge is 2.00. The Morgan fingerprint density at radius 3 is 2.27 bits per heavy atom. The Balaban J connectivity index is 2.90. The molecule has 1 aromatic rings. The van der Waals surface area contributed by atoms with E-state index in [1.807, 2.05) is 31.2 Å². The summed E-state index contributed by atoms with van der Waals surface area (Å²) in [4.78, 5) is 11.1. The van der Waals surface area contributed by atoms with Gasteiger partial charge in [0.25, 0.3) is 0 Å².